The first kappa shape index (κ1) is 15.2. The molecule has 0 aliphatic rings. The summed E-state index contributed by atoms with van der Waals surface area (Å²) < 4.78 is 0. The van der Waals surface area contributed by atoms with Crippen LogP contribution in [-0.2, 0) is 5.41 Å². The summed E-state index contributed by atoms with van der Waals surface area (Å²) >= 11 is 0. The number of hydrogen-bond donors (Lipinski definition) is 2. The van der Waals surface area contributed by atoms with Gasteiger partial charge in [0.1, 0.15) is 23.9 Å². The summed E-state index contributed by atoms with van der Waals surface area (Å²) in [5.74, 6) is 0. The number of aromatic amines is 1. The number of fused-ring (bicyclic) bond motifs is 1. The van der Waals surface area contributed by atoms with Crippen molar-refractivity contribution in [1.82, 2.24) is 4.98 Å². The van der Waals surface area contributed by atoms with Crippen molar-refractivity contribution in [2.24, 2.45) is 0 Å². The topological polar surface area (TPSA) is 99.2 Å². The van der Waals surface area contributed by atoms with E-state index in [1.54, 1.807) is 18.2 Å². The third-order valence-electron chi connectivity index (χ3n) is 3.28. The van der Waals surface area contributed by atoms with Crippen molar-refractivity contribution in [2.75, 3.05) is 5.32 Å². The van der Waals surface area contributed by atoms with E-state index in [1.165, 1.54) is 0 Å². The quantitative estimate of drug-likeness (QED) is 0.823. The van der Waals surface area contributed by atoms with Crippen molar-refractivity contribution >= 4 is 16.6 Å². The maximum absolute atomic E-state index is 9.07. The van der Waals surface area contributed by atoms with Gasteiger partial charge in [-0.1, -0.05) is 20.8 Å². The number of allylic oxidation sites excluding steroid dienone is 2. The smallest absolute Gasteiger partial charge is 0.163 e. The van der Waals surface area contributed by atoms with Gasteiger partial charge in [-0.3, -0.25) is 0 Å². The number of aromatic nitrogens is 1. The normalized spacial score (nSPS) is 10.4. The van der Waals surface area contributed by atoms with E-state index in [9.17, 15) is 0 Å². The fourth-order valence-corrected chi connectivity index (χ4v) is 2.04. The molecule has 0 amide bonds. The van der Waals surface area contributed by atoms with Gasteiger partial charge in [-0.2, -0.15) is 15.8 Å². The maximum Gasteiger partial charge on any atom is 0.163 e. The van der Waals surface area contributed by atoms with Crippen LogP contribution in [0.2, 0.25) is 0 Å². The summed E-state index contributed by atoms with van der Waals surface area (Å²) in [5, 5.41) is 30.6. The van der Waals surface area contributed by atoms with E-state index in [2.05, 4.69) is 37.1 Å². The molecule has 1 aromatic carbocycles. The molecule has 1 aromatic heterocycles. The Kier molecular flexibility index (Phi) is 3.89. The lowest BCUT2D eigenvalue weighted by Gasteiger charge is -2.15. The summed E-state index contributed by atoms with van der Waals surface area (Å²) in [6, 6.07) is 12.9. The summed E-state index contributed by atoms with van der Waals surface area (Å²) in [7, 11) is 0. The molecule has 22 heavy (non-hydrogen) atoms. The van der Waals surface area contributed by atoms with Crippen molar-refractivity contribution < 1.29 is 0 Å². The Balaban J connectivity index is 2.43. The van der Waals surface area contributed by atoms with Crippen LogP contribution in [0.15, 0.2) is 35.5 Å². The minimum atomic E-state index is -0.230. The fraction of sp³-hybridized carbons (Fsp3) is 0.235. The van der Waals surface area contributed by atoms with Gasteiger partial charge in [0.25, 0.3) is 0 Å². The second-order valence-electron chi connectivity index (χ2n) is 5.95. The van der Waals surface area contributed by atoms with Gasteiger partial charge in [0, 0.05) is 27.7 Å². The highest BCUT2D eigenvalue weighted by Gasteiger charge is 2.16. The van der Waals surface area contributed by atoms with Gasteiger partial charge in [-0.05, 0) is 24.3 Å². The second kappa shape index (κ2) is 5.64. The van der Waals surface area contributed by atoms with Crippen molar-refractivity contribution in [1.29, 1.82) is 15.8 Å². The molecule has 1 heterocycles. The zero-order chi connectivity index (χ0) is 16.3. The van der Waals surface area contributed by atoms with Crippen LogP contribution >= 0.6 is 0 Å². The molecule has 0 atom stereocenters. The van der Waals surface area contributed by atoms with Gasteiger partial charge in [0.2, 0.25) is 0 Å². The average Bonchev–Trinajstić information content (AvgIpc) is 2.90. The molecule has 108 valence electrons. The van der Waals surface area contributed by atoms with Crippen LogP contribution in [-0.4, -0.2) is 4.98 Å². The zero-order valence-electron chi connectivity index (χ0n) is 12.7. The Labute approximate surface area is 129 Å². The molecule has 0 radical (unpaired) electrons. The van der Waals surface area contributed by atoms with Crippen LogP contribution in [0.5, 0.6) is 0 Å². The summed E-state index contributed by atoms with van der Waals surface area (Å²) in [5.41, 5.74) is 2.51. The number of hydrogen-bond acceptors (Lipinski definition) is 4. The molecule has 0 fully saturated rings. The molecule has 0 bridgehead atoms. The minimum Gasteiger partial charge on any atom is -0.358 e. The van der Waals surface area contributed by atoms with E-state index in [0.29, 0.717) is 5.69 Å². The van der Waals surface area contributed by atoms with Gasteiger partial charge in [-0.15, -0.1) is 0 Å². The Morgan fingerprint density at radius 1 is 1.05 bits per heavy atom. The van der Waals surface area contributed by atoms with Gasteiger partial charge in [0.05, 0.1) is 0 Å². The molecule has 0 unspecified atom stereocenters. The van der Waals surface area contributed by atoms with Gasteiger partial charge in [0.15, 0.2) is 5.57 Å². The van der Waals surface area contributed by atoms with Crippen molar-refractivity contribution in [3.05, 3.63) is 41.2 Å². The standard InChI is InChI=1S/C17H15N5/c1-17(2,3)16-7-11-6-13(4-5-14(11)22-16)21-15(10-20)12(8-18)9-19/h4-7,21-22H,1-3H3. The highest BCUT2D eigenvalue weighted by molar-refractivity contribution is 5.84. The molecule has 0 saturated carbocycles. The summed E-state index contributed by atoms with van der Waals surface area (Å²) in [4.78, 5) is 3.37. The number of benzene rings is 1. The molecule has 0 saturated heterocycles. The van der Waals surface area contributed by atoms with Crippen LogP contribution < -0.4 is 5.32 Å². The summed E-state index contributed by atoms with van der Waals surface area (Å²) in [6.45, 7) is 6.37. The van der Waals surface area contributed by atoms with E-state index in [0.717, 1.165) is 16.6 Å². The number of nitriles is 3. The molecule has 2 aromatic rings. The first-order valence-corrected chi connectivity index (χ1v) is 6.74. The van der Waals surface area contributed by atoms with Crippen molar-refractivity contribution in [3.8, 4) is 18.2 Å². The monoisotopic (exact) mass is 289 g/mol. The molecule has 0 spiro atoms. The lowest BCUT2D eigenvalue weighted by Crippen LogP contribution is -2.10. The van der Waals surface area contributed by atoms with E-state index in [1.807, 2.05) is 18.2 Å². The Morgan fingerprint density at radius 2 is 1.73 bits per heavy atom. The van der Waals surface area contributed by atoms with Crippen LogP contribution in [0.4, 0.5) is 5.69 Å². The lowest BCUT2D eigenvalue weighted by molar-refractivity contribution is 0.574. The van der Waals surface area contributed by atoms with Gasteiger partial charge < -0.3 is 10.3 Å². The largest absolute Gasteiger partial charge is 0.358 e. The molecule has 0 aliphatic heterocycles. The maximum atomic E-state index is 9.07. The fourth-order valence-electron chi connectivity index (χ4n) is 2.04. The van der Waals surface area contributed by atoms with E-state index < -0.39 is 0 Å². The molecule has 2 N–H and O–H groups in total. The molecule has 2 rings (SSSR count). The highest BCUT2D eigenvalue weighted by atomic mass is 14.9. The molecule has 5 heteroatoms. The van der Waals surface area contributed by atoms with E-state index in [-0.39, 0.29) is 16.7 Å². The van der Waals surface area contributed by atoms with Crippen molar-refractivity contribution in [2.45, 2.75) is 26.2 Å². The average molecular weight is 289 g/mol. The minimum absolute atomic E-state index is 0.0130. The predicted molar refractivity (Wildman–Crippen MR) is 84.5 cm³/mol. The van der Waals surface area contributed by atoms with Gasteiger partial charge >= 0.3 is 0 Å². The first-order chi connectivity index (χ1) is 10.4. The highest BCUT2D eigenvalue weighted by Crippen LogP contribution is 2.27. The molecular formula is C17H15N5. The lowest BCUT2D eigenvalue weighted by atomic mass is 9.92. The van der Waals surface area contributed by atoms with Crippen LogP contribution in [0, 0.1) is 34.0 Å². The molecule has 0 aliphatic carbocycles. The second-order valence-corrected chi connectivity index (χ2v) is 5.95. The Hall–Kier alpha value is -3.23. The number of nitrogens with one attached hydrogen (secondary N) is 2. The Morgan fingerprint density at radius 3 is 2.27 bits per heavy atom. The Bertz CT molecular complexity index is 857. The number of anilines is 1. The van der Waals surface area contributed by atoms with Crippen LogP contribution in [0.25, 0.3) is 10.9 Å². The molecule has 5 nitrogen and oxygen atoms in total. The number of H-pyrrole nitrogens is 1. The van der Waals surface area contributed by atoms with Gasteiger partial charge in [-0.25, -0.2) is 0 Å². The third kappa shape index (κ3) is 2.92. The van der Waals surface area contributed by atoms with Crippen LogP contribution in [0.1, 0.15) is 26.5 Å². The van der Waals surface area contributed by atoms with Crippen LogP contribution in [0.3, 0.4) is 0 Å². The van der Waals surface area contributed by atoms with E-state index >= 15 is 0 Å². The van der Waals surface area contributed by atoms with Crippen molar-refractivity contribution in [3.63, 3.8) is 0 Å². The number of nitrogens with zero attached hydrogens (tertiary/aromatic N) is 3. The third-order valence-corrected chi connectivity index (χ3v) is 3.28. The predicted octanol–water partition coefficient (Wildman–Crippen LogP) is 3.70. The zero-order valence-corrected chi connectivity index (χ0v) is 12.7. The molecular weight excluding hydrogens is 274 g/mol. The van der Waals surface area contributed by atoms with E-state index in [4.69, 9.17) is 15.8 Å². The SMILES string of the molecule is CC(C)(C)c1cc2cc(NC(C#N)=C(C#N)C#N)ccc2[nH]1. The first-order valence-electron chi connectivity index (χ1n) is 6.74. The number of rotatable bonds is 2. The summed E-state index contributed by atoms with van der Waals surface area (Å²) in [6.07, 6.45) is 0.